The van der Waals surface area contributed by atoms with Gasteiger partial charge in [0, 0.05) is 11.6 Å². The van der Waals surface area contributed by atoms with Crippen LogP contribution in [0.1, 0.15) is 38.9 Å². The summed E-state index contributed by atoms with van der Waals surface area (Å²) in [7, 11) is 0. The molecule has 2 heterocycles. The molecule has 0 saturated carbocycles. The van der Waals surface area contributed by atoms with Gasteiger partial charge in [0.1, 0.15) is 5.82 Å². The zero-order valence-corrected chi connectivity index (χ0v) is 16.8. The number of amides is 2. The van der Waals surface area contributed by atoms with Crippen LogP contribution in [0.5, 0.6) is 0 Å². The van der Waals surface area contributed by atoms with E-state index in [1.807, 2.05) is 6.92 Å². The number of rotatable bonds is 4. The molecule has 2 unspecified atom stereocenters. The Balaban J connectivity index is 0.00000261. The van der Waals surface area contributed by atoms with Crippen LogP contribution < -0.4 is 16.0 Å². The second-order valence-electron chi connectivity index (χ2n) is 6.64. The van der Waals surface area contributed by atoms with E-state index in [2.05, 4.69) is 22.9 Å². The van der Waals surface area contributed by atoms with Gasteiger partial charge in [-0.1, -0.05) is 13.0 Å². The Hall–Kier alpha value is -1.96. The number of nitrogens with one attached hydrogen (secondary N) is 3. The lowest BCUT2D eigenvalue weighted by molar-refractivity contribution is 0.0917. The fourth-order valence-corrected chi connectivity index (χ4v) is 4.02. The third kappa shape index (κ3) is 5.28. The molecule has 0 spiro atoms. The van der Waals surface area contributed by atoms with Crippen LogP contribution >= 0.6 is 23.7 Å². The molecule has 2 aromatic rings. The number of hydrogen-bond donors (Lipinski definition) is 3. The van der Waals surface area contributed by atoms with Crippen molar-refractivity contribution in [3.8, 4) is 0 Å². The highest BCUT2D eigenvalue weighted by atomic mass is 35.5. The van der Waals surface area contributed by atoms with Crippen molar-refractivity contribution in [1.82, 2.24) is 10.6 Å². The van der Waals surface area contributed by atoms with Crippen LogP contribution in [-0.2, 0) is 0 Å². The number of benzene rings is 1. The molecule has 8 heteroatoms. The molecule has 1 aliphatic heterocycles. The van der Waals surface area contributed by atoms with Crippen LogP contribution in [0.15, 0.2) is 30.3 Å². The Morgan fingerprint density at radius 3 is 2.74 bits per heavy atom. The summed E-state index contributed by atoms with van der Waals surface area (Å²) in [6, 6.07) is 7.42. The fraction of sp³-hybridized carbons (Fsp3) is 0.368. The first-order valence-corrected chi connectivity index (χ1v) is 9.44. The lowest BCUT2D eigenvalue weighted by Crippen LogP contribution is -2.48. The SMILES string of the molecule is Cc1cc(NC(=O)c2cccc(F)c2)sc1C(=O)NC1CCNCC1C.Cl. The Bertz CT molecular complexity index is 827. The minimum atomic E-state index is -0.462. The monoisotopic (exact) mass is 411 g/mol. The number of piperidine rings is 1. The quantitative estimate of drug-likeness (QED) is 0.720. The molecule has 0 bridgehead atoms. The maximum Gasteiger partial charge on any atom is 0.261 e. The molecule has 1 saturated heterocycles. The highest BCUT2D eigenvalue weighted by Gasteiger charge is 2.24. The predicted octanol–water partition coefficient (Wildman–Crippen LogP) is 3.60. The minimum absolute atomic E-state index is 0. The van der Waals surface area contributed by atoms with Crippen molar-refractivity contribution >= 4 is 40.6 Å². The average molecular weight is 412 g/mol. The first-order valence-electron chi connectivity index (χ1n) is 8.63. The van der Waals surface area contributed by atoms with E-state index in [1.165, 1.54) is 29.5 Å². The van der Waals surface area contributed by atoms with Gasteiger partial charge in [-0.15, -0.1) is 23.7 Å². The fourth-order valence-electron chi connectivity index (χ4n) is 3.05. The molecular formula is C19H23ClFN3O2S. The van der Waals surface area contributed by atoms with Gasteiger partial charge in [0.2, 0.25) is 0 Å². The molecule has 0 radical (unpaired) electrons. The summed E-state index contributed by atoms with van der Waals surface area (Å²) in [6.07, 6.45) is 0.903. The number of thiophene rings is 1. The molecular weight excluding hydrogens is 389 g/mol. The third-order valence-electron chi connectivity index (χ3n) is 4.55. The number of halogens is 2. The normalized spacial score (nSPS) is 19.1. The molecule has 1 aliphatic rings. The summed E-state index contributed by atoms with van der Waals surface area (Å²) >= 11 is 1.23. The molecule has 0 aliphatic carbocycles. The van der Waals surface area contributed by atoms with Gasteiger partial charge in [-0.3, -0.25) is 9.59 Å². The van der Waals surface area contributed by atoms with Gasteiger partial charge in [-0.05, 0) is 62.2 Å². The van der Waals surface area contributed by atoms with Crippen LogP contribution in [0, 0.1) is 18.7 Å². The maximum absolute atomic E-state index is 13.3. The lowest BCUT2D eigenvalue weighted by atomic mass is 9.95. The van der Waals surface area contributed by atoms with Crippen molar-refractivity contribution in [2.45, 2.75) is 26.3 Å². The third-order valence-corrected chi connectivity index (χ3v) is 5.70. The van der Waals surface area contributed by atoms with Crippen molar-refractivity contribution in [3.63, 3.8) is 0 Å². The summed E-state index contributed by atoms with van der Waals surface area (Å²) in [4.78, 5) is 25.4. The van der Waals surface area contributed by atoms with E-state index in [1.54, 1.807) is 12.1 Å². The molecule has 3 N–H and O–H groups in total. The first kappa shape index (κ1) is 21.3. The minimum Gasteiger partial charge on any atom is -0.348 e. The molecule has 5 nitrogen and oxygen atoms in total. The van der Waals surface area contributed by atoms with Crippen LogP contribution in [0.2, 0.25) is 0 Å². The lowest BCUT2D eigenvalue weighted by Gasteiger charge is -2.30. The Kier molecular flexibility index (Phi) is 7.35. The van der Waals surface area contributed by atoms with E-state index in [4.69, 9.17) is 0 Å². The van der Waals surface area contributed by atoms with Crippen molar-refractivity contribution < 1.29 is 14.0 Å². The molecule has 2 atom stereocenters. The van der Waals surface area contributed by atoms with Gasteiger partial charge in [0.25, 0.3) is 11.8 Å². The first-order chi connectivity index (χ1) is 12.4. The topological polar surface area (TPSA) is 70.2 Å². The predicted molar refractivity (Wildman–Crippen MR) is 109 cm³/mol. The standard InChI is InChI=1S/C19H22FN3O2S.ClH/c1-11-8-16(23-18(24)13-4-3-5-14(20)9-13)26-17(11)19(25)22-15-6-7-21-10-12(15)2;/h3-5,8-9,12,15,21H,6-7,10H2,1-2H3,(H,22,25)(H,23,24);1H. The molecule has 27 heavy (non-hydrogen) atoms. The second-order valence-corrected chi connectivity index (χ2v) is 7.69. The van der Waals surface area contributed by atoms with Gasteiger partial charge in [-0.2, -0.15) is 0 Å². The molecule has 1 aromatic heterocycles. The highest BCUT2D eigenvalue weighted by molar-refractivity contribution is 7.18. The number of anilines is 1. The highest BCUT2D eigenvalue weighted by Crippen LogP contribution is 2.27. The molecule has 146 valence electrons. The average Bonchev–Trinajstić information content (AvgIpc) is 2.97. The van der Waals surface area contributed by atoms with Crippen LogP contribution in [-0.4, -0.2) is 30.9 Å². The summed E-state index contributed by atoms with van der Waals surface area (Å²) in [5, 5.41) is 9.72. The molecule has 1 fully saturated rings. The summed E-state index contributed by atoms with van der Waals surface area (Å²) in [6.45, 7) is 5.75. The Morgan fingerprint density at radius 1 is 1.26 bits per heavy atom. The summed E-state index contributed by atoms with van der Waals surface area (Å²) in [5.41, 5.74) is 1.05. The van der Waals surface area contributed by atoms with Gasteiger partial charge in [0.05, 0.1) is 9.88 Å². The van der Waals surface area contributed by atoms with Crippen molar-refractivity contribution in [2.75, 3.05) is 18.4 Å². The van der Waals surface area contributed by atoms with E-state index < -0.39 is 11.7 Å². The van der Waals surface area contributed by atoms with E-state index in [-0.39, 0.29) is 29.9 Å². The summed E-state index contributed by atoms with van der Waals surface area (Å²) < 4.78 is 13.3. The zero-order valence-electron chi connectivity index (χ0n) is 15.2. The van der Waals surface area contributed by atoms with Crippen molar-refractivity contribution in [2.24, 2.45) is 5.92 Å². The van der Waals surface area contributed by atoms with Gasteiger partial charge in [-0.25, -0.2) is 4.39 Å². The zero-order chi connectivity index (χ0) is 18.7. The summed E-state index contributed by atoms with van der Waals surface area (Å²) in [5.74, 6) is -0.599. The van der Waals surface area contributed by atoms with Gasteiger partial charge >= 0.3 is 0 Å². The largest absolute Gasteiger partial charge is 0.348 e. The maximum atomic E-state index is 13.3. The van der Waals surface area contributed by atoms with Crippen molar-refractivity contribution in [1.29, 1.82) is 0 Å². The number of carbonyl (C=O) groups excluding carboxylic acids is 2. The number of aryl methyl sites for hydroxylation is 1. The smallest absolute Gasteiger partial charge is 0.261 e. The van der Waals surface area contributed by atoms with Crippen LogP contribution in [0.3, 0.4) is 0 Å². The van der Waals surface area contributed by atoms with E-state index in [0.717, 1.165) is 25.1 Å². The molecule has 3 rings (SSSR count). The van der Waals surface area contributed by atoms with Gasteiger partial charge < -0.3 is 16.0 Å². The number of carbonyl (C=O) groups is 2. The van der Waals surface area contributed by atoms with Crippen LogP contribution in [0.25, 0.3) is 0 Å². The van der Waals surface area contributed by atoms with E-state index >= 15 is 0 Å². The number of hydrogen-bond acceptors (Lipinski definition) is 4. The Morgan fingerprint density at radius 2 is 2.04 bits per heavy atom. The van der Waals surface area contributed by atoms with Gasteiger partial charge in [0.15, 0.2) is 0 Å². The molecule has 1 aromatic carbocycles. The van der Waals surface area contributed by atoms with Crippen LogP contribution in [0.4, 0.5) is 9.39 Å². The van der Waals surface area contributed by atoms with E-state index in [9.17, 15) is 14.0 Å². The van der Waals surface area contributed by atoms with Crippen molar-refractivity contribution in [3.05, 3.63) is 52.2 Å². The Labute approximate surface area is 168 Å². The second kappa shape index (κ2) is 9.30. The molecule has 2 amide bonds. The van der Waals surface area contributed by atoms with E-state index in [0.29, 0.717) is 15.8 Å².